The van der Waals surface area contributed by atoms with Gasteiger partial charge < -0.3 is 10.2 Å². The minimum Gasteiger partial charge on any atom is -0.338 e. The van der Waals surface area contributed by atoms with E-state index in [1.807, 2.05) is 55.5 Å². The van der Waals surface area contributed by atoms with Crippen molar-refractivity contribution in [2.75, 3.05) is 16.8 Å². The van der Waals surface area contributed by atoms with E-state index in [1.165, 1.54) is 12.4 Å². The van der Waals surface area contributed by atoms with Gasteiger partial charge in [-0.2, -0.15) is 0 Å². The highest BCUT2D eigenvalue weighted by Crippen LogP contribution is 2.23. The van der Waals surface area contributed by atoms with Crippen molar-refractivity contribution in [2.24, 2.45) is 0 Å². The molecule has 5 nitrogen and oxygen atoms in total. The van der Waals surface area contributed by atoms with Gasteiger partial charge in [0.15, 0.2) is 0 Å². The predicted octanol–water partition coefficient (Wildman–Crippen LogP) is 4.54. The summed E-state index contributed by atoms with van der Waals surface area (Å²) < 4.78 is 0. The van der Waals surface area contributed by atoms with Gasteiger partial charge in [0.25, 0.3) is 5.91 Å². The predicted molar refractivity (Wildman–Crippen MR) is 101 cm³/mol. The third kappa shape index (κ3) is 3.95. The van der Waals surface area contributed by atoms with Crippen LogP contribution >= 0.6 is 11.6 Å². The molecule has 0 saturated heterocycles. The fourth-order valence-corrected chi connectivity index (χ4v) is 2.58. The van der Waals surface area contributed by atoms with E-state index in [-0.39, 0.29) is 11.6 Å². The second kappa shape index (κ2) is 7.77. The van der Waals surface area contributed by atoms with Crippen molar-refractivity contribution >= 4 is 34.7 Å². The van der Waals surface area contributed by atoms with Crippen molar-refractivity contribution < 1.29 is 4.79 Å². The first-order valence-electron chi connectivity index (χ1n) is 7.89. The summed E-state index contributed by atoms with van der Waals surface area (Å²) in [5.41, 5.74) is 1.85. The van der Waals surface area contributed by atoms with Gasteiger partial charge in [-0.15, -0.1) is 0 Å². The van der Waals surface area contributed by atoms with Crippen LogP contribution in [0.4, 0.5) is 17.2 Å². The quantitative estimate of drug-likeness (QED) is 0.732. The molecule has 1 amide bonds. The molecule has 1 N–H and O–H groups in total. The normalized spacial score (nSPS) is 10.3. The molecule has 0 aliphatic rings. The number of carbonyl (C=O) groups is 1. The number of para-hydroxylation sites is 2. The summed E-state index contributed by atoms with van der Waals surface area (Å²) in [6.07, 6.45) is 2.99. The number of benzene rings is 2. The molecular weight excluding hydrogens is 336 g/mol. The summed E-state index contributed by atoms with van der Waals surface area (Å²) in [4.78, 5) is 22.8. The van der Waals surface area contributed by atoms with Crippen LogP contribution in [0.2, 0.25) is 5.02 Å². The summed E-state index contributed by atoms with van der Waals surface area (Å²) in [6.45, 7) is 2.47. The number of nitrogens with zero attached hydrogens (tertiary/aromatic N) is 3. The van der Waals surface area contributed by atoms with Gasteiger partial charge >= 0.3 is 0 Å². The molecule has 25 heavy (non-hydrogen) atoms. The maximum atomic E-state index is 12.7. The molecule has 0 unspecified atom stereocenters. The first-order valence-corrected chi connectivity index (χ1v) is 8.27. The second-order valence-electron chi connectivity index (χ2n) is 5.28. The molecule has 0 aliphatic heterocycles. The van der Waals surface area contributed by atoms with E-state index in [1.54, 1.807) is 11.0 Å². The molecule has 0 saturated carbocycles. The maximum Gasteiger partial charge on any atom is 0.278 e. The molecule has 0 radical (unpaired) electrons. The van der Waals surface area contributed by atoms with Crippen LogP contribution in [-0.2, 0) is 0 Å². The van der Waals surface area contributed by atoms with Gasteiger partial charge in [-0.1, -0.05) is 41.9 Å². The van der Waals surface area contributed by atoms with Crippen molar-refractivity contribution in [3.63, 3.8) is 0 Å². The number of hydrogen-bond donors (Lipinski definition) is 1. The molecular formula is C19H17ClN4O. The average Bonchev–Trinajstić information content (AvgIpc) is 2.66. The SMILES string of the molecule is CCN(C(=O)c1cnc(Nc2ccccc2Cl)cn1)c1ccccc1. The first-order chi connectivity index (χ1) is 12.2. The summed E-state index contributed by atoms with van der Waals surface area (Å²) in [7, 11) is 0. The molecule has 0 bridgehead atoms. The average molecular weight is 353 g/mol. The third-order valence-corrected chi connectivity index (χ3v) is 3.97. The molecule has 1 aromatic heterocycles. The van der Waals surface area contributed by atoms with E-state index >= 15 is 0 Å². The summed E-state index contributed by atoms with van der Waals surface area (Å²) in [6, 6.07) is 16.8. The summed E-state index contributed by atoms with van der Waals surface area (Å²) in [5, 5.41) is 3.67. The lowest BCUT2D eigenvalue weighted by molar-refractivity contribution is 0.0983. The monoisotopic (exact) mass is 352 g/mol. The Bertz CT molecular complexity index is 853. The minimum absolute atomic E-state index is 0.189. The van der Waals surface area contributed by atoms with Gasteiger partial charge in [-0.25, -0.2) is 9.97 Å². The third-order valence-electron chi connectivity index (χ3n) is 3.64. The molecule has 0 aliphatic carbocycles. The standard InChI is InChI=1S/C19H17ClN4O/c1-2-24(14-8-4-3-5-9-14)19(25)17-12-22-18(13-21-17)23-16-11-7-6-10-15(16)20/h3-13H,2H2,1H3,(H,22,23). The van der Waals surface area contributed by atoms with Crippen molar-refractivity contribution in [3.05, 3.63) is 77.7 Å². The number of rotatable bonds is 5. The fraction of sp³-hybridized carbons (Fsp3) is 0.105. The highest BCUT2D eigenvalue weighted by molar-refractivity contribution is 6.33. The number of hydrogen-bond acceptors (Lipinski definition) is 4. The molecule has 3 rings (SSSR count). The van der Waals surface area contributed by atoms with Crippen LogP contribution in [0.3, 0.4) is 0 Å². The van der Waals surface area contributed by atoms with Crippen molar-refractivity contribution in [1.29, 1.82) is 0 Å². The second-order valence-corrected chi connectivity index (χ2v) is 5.68. The molecule has 1 heterocycles. The number of carbonyl (C=O) groups excluding carboxylic acids is 1. The van der Waals surface area contributed by atoms with Crippen LogP contribution in [0.5, 0.6) is 0 Å². The minimum atomic E-state index is -0.189. The molecule has 0 spiro atoms. The van der Waals surface area contributed by atoms with Crippen LogP contribution < -0.4 is 10.2 Å². The van der Waals surface area contributed by atoms with E-state index < -0.39 is 0 Å². The van der Waals surface area contributed by atoms with Gasteiger partial charge in [0.05, 0.1) is 23.1 Å². The largest absolute Gasteiger partial charge is 0.338 e. The zero-order valence-corrected chi connectivity index (χ0v) is 14.4. The topological polar surface area (TPSA) is 58.1 Å². The molecule has 2 aromatic carbocycles. The van der Waals surface area contributed by atoms with Crippen molar-refractivity contribution in [2.45, 2.75) is 6.92 Å². The fourth-order valence-electron chi connectivity index (χ4n) is 2.39. The molecule has 126 valence electrons. The summed E-state index contributed by atoms with van der Waals surface area (Å²) in [5.74, 6) is 0.331. The van der Waals surface area contributed by atoms with Gasteiger partial charge in [0.2, 0.25) is 0 Å². The van der Waals surface area contributed by atoms with Crippen molar-refractivity contribution in [3.8, 4) is 0 Å². The lowest BCUT2D eigenvalue weighted by Gasteiger charge is -2.20. The Hall–Kier alpha value is -2.92. The molecule has 0 atom stereocenters. The Morgan fingerprint density at radius 3 is 2.40 bits per heavy atom. The van der Waals surface area contributed by atoms with Gasteiger partial charge in [-0.3, -0.25) is 4.79 Å². The van der Waals surface area contributed by atoms with E-state index in [0.717, 1.165) is 11.4 Å². The Morgan fingerprint density at radius 1 is 1.04 bits per heavy atom. The molecule has 6 heteroatoms. The number of anilines is 3. The lowest BCUT2D eigenvalue weighted by atomic mass is 10.2. The number of nitrogens with one attached hydrogen (secondary N) is 1. The van der Waals surface area contributed by atoms with Gasteiger partial charge in [0, 0.05) is 12.2 Å². The van der Waals surface area contributed by atoms with Gasteiger partial charge in [-0.05, 0) is 31.2 Å². The highest BCUT2D eigenvalue weighted by Gasteiger charge is 2.17. The summed E-state index contributed by atoms with van der Waals surface area (Å²) >= 11 is 6.11. The van der Waals surface area contributed by atoms with Crippen molar-refractivity contribution in [1.82, 2.24) is 9.97 Å². The first kappa shape index (κ1) is 16.9. The Kier molecular flexibility index (Phi) is 5.26. The highest BCUT2D eigenvalue weighted by atomic mass is 35.5. The van der Waals surface area contributed by atoms with E-state index in [0.29, 0.717) is 17.4 Å². The lowest BCUT2D eigenvalue weighted by Crippen LogP contribution is -2.31. The smallest absolute Gasteiger partial charge is 0.278 e. The van der Waals surface area contributed by atoms with Crippen LogP contribution in [0.1, 0.15) is 17.4 Å². The Balaban J connectivity index is 1.77. The number of aromatic nitrogens is 2. The number of halogens is 1. The number of amides is 1. The van der Waals surface area contributed by atoms with Crippen LogP contribution in [-0.4, -0.2) is 22.4 Å². The van der Waals surface area contributed by atoms with Crippen LogP contribution in [0, 0.1) is 0 Å². The maximum absolute atomic E-state index is 12.7. The molecule has 3 aromatic rings. The van der Waals surface area contributed by atoms with E-state index in [9.17, 15) is 4.79 Å². The van der Waals surface area contributed by atoms with E-state index in [4.69, 9.17) is 11.6 Å². The molecule has 0 fully saturated rings. The Labute approximate surface area is 151 Å². The zero-order valence-electron chi connectivity index (χ0n) is 13.7. The Morgan fingerprint density at radius 2 is 1.76 bits per heavy atom. The zero-order chi connectivity index (χ0) is 17.6. The van der Waals surface area contributed by atoms with Crippen LogP contribution in [0.15, 0.2) is 67.0 Å². The van der Waals surface area contributed by atoms with Gasteiger partial charge in [0.1, 0.15) is 11.5 Å². The van der Waals surface area contributed by atoms with E-state index in [2.05, 4.69) is 15.3 Å². The van der Waals surface area contributed by atoms with Crippen LogP contribution in [0.25, 0.3) is 0 Å².